The van der Waals surface area contributed by atoms with Gasteiger partial charge in [0.15, 0.2) is 11.2 Å². The maximum atomic E-state index is 12.0. The number of ether oxygens (including phenoxy) is 1. The van der Waals surface area contributed by atoms with E-state index in [2.05, 4.69) is 19.9 Å². The Kier molecular flexibility index (Phi) is 4.00. The van der Waals surface area contributed by atoms with E-state index in [0.29, 0.717) is 30.2 Å². The normalized spacial score (nSPS) is 19.9. The minimum atomic E-state index is -0.216. The average Bonchev–Trinajstić information content (AvgIpc) is 2.97. The van der Waals surface area contributed by atoms with E-state index in [1.54, 1.807) is 4.57 Å². The molecule has 2 fully saturated rings. The van der Waals surface area contributed by atoms with Crippen LogP contribution in [0.2, 0.25) is 5.28 Å². The zero-order chi connectivity index (χ0) is 16.7. The molecular formula is C16H22ClN5O2. The summed E-state index contributed by atoms with van der Waals surface area (Å²) in [5.41, 5.74) is 1.04. The van der Waals surface area contributed by atoms with Crippen LogP contribution >= 0.6 is 11.6 Å². The second-order valence-electron chi connectivity index (χ2n) is 6.94. The van der Waals surface area contributed by atoms with E-state index in [1.807, 2.05) is 6.92 Å². The van der Waals surface area contributed by atoms with Gasteiger partial charge in [0, 0.05) is 18.5 Å². The molecule has 3 heterocycles. The van der Waals surface area contributed by atoms with Crippen molar-refractivity contribution in [2.45, 2.75) is 39.2 Å². The SMILES string of the molecule is CCn1c(=O)[nH]c2nc(Cl)nc(OCC3(CN4CCCC4)CC3)c21. The number of aromatic nitrogens is 4. The van der Waals surface area contributed by atoms with Crippen molar-refractivity contribution in [1.82, 2.24) is 24.4 Å². The number of aromatic amines is 1. The molecular weight excluding hydrogens is 330 g/mol. The van der Waals surface area contributed by atoms with E-state index < -0.39 is 0 Å². The molecule has 0 amide bonds. The molecule has 0 bridgehead atoms. The summed E-state index contributed by atoms with van der Waals surface area (Å²) < 4.78 is 7.64. The van der Waals surface area contributed by atoms with Crippen LogP contribution in [0.1, 0.15) is 32.6 Å². The smallest absolute Gasteiger partial charge is 0.327 e. The number of likely N-dealkylation sites (tertiary alicyclic amines) is 1. The quantitative estimate of drug-likeness (QED) is 0.806. The number of nitrogens with one attached hydrogen (secondary N) is 1. The van der Waals surface area contributed by atoms with Crippen molar-refractivity contribution in [3.8, 4) is 5.88 Å². The van der Waals surface area contributed by atoms with Gasteiger partial charge in [-0.3, -0.25) is 9.55 Å². The lowest BCUT2D eigenvalue weighted by molar-refractivity contribution is 0.176. The van der Waals surface area contributed by atoms with Gasteiger partial charge in [-0.05, 0) is 57.3 Å². The van der Waals surface area contributed by atoms with Crippen molar-refractivity contribution in [3.63, 3.8) is 0 Å². The third-order valence-corrected chi connectivity index (χ3v) is 5.28. The number of H-pyrrole nitrogens is 1. The molecule has 2 aromatic heterocycles. The van der Waals surface area contributed by atoms with Gasteiger partial charge in [-0.25, -0.2) is 4.79 Å². The minimum absolute atomic E-state index is 0.0893. The first kappa shape index (κ1) is 15.9. The van der Waals surface area contributed by atoms with Crippen molar-refractivity contribution in [1.29, 1.82) is 0 Å². The number of aryl methyl sites for hydroxylation is 1. The van der Waals surface area contributed by atoms with Crippen LogP contribution in [0.4, 0.5) is 0 Å². The molecule has 0 spiro atoms. The fourth-order valence-electron chi connectivity index (χ4n) is 3.57. The zero-order valence-corrected chi connectivity index (χ0v) is 14.6. The number of imidazole rings is 1. The summed E-state index contributed by atoms with van der Waals surface area (Å²) in [5.74, 6) is 0.401. The highest BCUT2D eigenvalue weighted by Crippen LogP contribution is 2.47. The fourth-order valence-corrected chi connectivity index (χ4v) is 3.73. The van der Waals surface area contributed by atoms with E-state index >= 15 is 0 Å². The molecule has 24 heavy (non-hydrogen) atoms. The van der Waals surface area contributed by atoms with Crippen LogP contribution in [-0.2, 0) is 6.54 Å². The lowest BCUT2D eigenvalue weighted by atomic mass is 10.1. The summed E-state index contributed by atoms with van der Waals surface area (Å²) in [6.45, 7) is 6.51. The summed E-state index contributed by atoms with van der Waals surface area (Å²) in [6.07, 6.45) is 4.95. The van der Waals surface area contributed by atoms with Gasteiger partial charge >= 0.3 is 5.69 Å². The fraction of sp³-hybridized carbons (Fsp3) is 0.688. The zero-order valence-electron chi connectivity index (χ0n) is 13.8. The van der Waals surface area contributed by atoms with Gasteiger partial charge in [-0.1, -0.05) is 0 Å². The number of fused-ring (bicyclic) bond motifs is 1. The number of rotatable bonds is 6. The maximum absolute atomic E-state index is 12.0. The van der Waals surface area contributed by atoms with Crippen LogP contribution in [0.5, 0.6) is 5.88 Å². The Bertz CT molecular complexity index is 805. The van der Waals surface area contributed by atoms with Crippen molar-refractivity contribution in [2.24, 2.45) is 5.41 Å². The topological polar surface area (TPSA) is 76.0 Å². The summed E-state index contributed by atoms with van der Waals surface area (Å²) in [7, 11) is 0. The average molecular weight is 352 g/mol. The molecule has 0 aromatic carbocycles. The molecule has 0 radical (unpaired) electrons. The summed E-state index contributed by atoms with van der Waals surface area (Å²) in [6, 6.07) is 0. The predicted molar refractivity (Wildman–Crippen MR) is 91.7 cm³/mol. The number of nitrogens with zero attached hydrogens (tertiary/aromatic N) is 4. The predicted octanol–water partition coefficient (Wildman–Crippen LogP) is 2.05. The Hall–Kier alpha value is -1.60. The molecule has 1 N–H and O–H groups in total. The highest BCUT2D eigenvalue weighted by molar-refractivity contribution is 6.28. The number of halogens is 1. The van der Waals surface area contributed by atoms with Crippen molar-refractivity contribution in [2.75, 3.05) is 26.2 Å². The Morgan fingerprint density at radius 3 is 2.71 bits per heavy atom. The largest absolute Gasteiger partial charge is 0.475 e. The minimum Gasteiger partial charge on any atom is -0.475 e. The molecule has 1 aliphatic carbocycles. The molecule has 4 rings (SSSR count). The van der Waals surface area contributed by atoms with Crippen molar-refractivity contribution in [3.05, 3.63) is 15.8 Å². The Balaban J connectivity index is 1.57. The molecule has 8 heteroatoms. The van der Waals surface area contributed by atoms with Crippen molar-refractivity contribution >= 4 is 22.8 Å². The summed E-state index contributed by atoms with van der Waals surface area (Å²) in [5, 5.41) is 0.0893. The van der Waals surface area contributed by atoms with Gasteiger partial charge in [-0.15, -0.1) is 0 Å². The molecule has 2 aromatic rings. The monoisotopic (exact) mass is 351 g/mol. The van der Waals surface area contributed by atoms with Gasteiger partial charge < -0.3 is 9.64 Å². The third kappa shape index (κ3) is 2.91. The van der Waals surface area contributed by atoms with E-state index in [0.717, 1.165) is 6.54 Å². The maximum Gasteiger partial charge on any atom is 0.327 e. The lowest BCUT2D eigenvalue weighted by Gasteiger charge is -2.23. The van der Waals surface area contributed by atoms with Gasteiger partial charge in [0.1, 0.15) is 0 Å². The summed E-state index contributed by atoms with van der Waals surface area (Å²) >= 11 is 5.99. The highest BCUT2D eigenvalue weighted by Gasteiger charge is 2.45. The molecule has 1 saturated carbocycles. The van der Waals surface area contributed by atoms with Gasteiger partial charge in [-0.2, -0.15) is 9.97 Å². The standard InChI is InChI=1S/C16H22ClN5O2/c1-2-22-11-12(19-15(22)23)18-14(17)20-13(11)24-10-16(5-6-16)9-21-7-3-4-8-21/h2-10H2,1H3,(H,18,19,20,23). The van der Waals surface area contributed by atoms with E-state index in [4.69, 9.17) is 16.3 Å². The second-order valence-corrected chi connectivity index (χ2v) is 7.28. The van der Waals surface area contributed by atoms with Crippen LogP contribution in [0.3, 0.4) is 0 Å². The molecule has 130 valence electrons. The van der Waals surface area contributed by atoms with E-state index in [1.165, 1.54) is 38.8 Å². The highest BCUT2D eigenvalue weighted by atomic mass is 35.5. The first-order valence-electron chi connectivity index (χ1n) is 8.61. The second kappa shape index (κ2) is 6.04. The van der Waals surface area contributed by atoms with Crippen LogP contribution in [-0.4, -0.2) is 50.7 Å². The van der Waals surface area contributed by atoms with E-state index in [-0.39, 0.29) is 16.4 Å². The van der Waals surface area contributed by atoms with Gasteiger partial charge in [0.2, 0.25) is 11.2 Å². The van der Waals surface area contributed by atoms with Crippen LogP contribution < -0.4 is 10.4 Å². The first-order chi connectivity index (χ1) is 11.6. The number of hydrogen-bond acceptors (Lipinski definition) is 5. The molecule has 7 nitrogen and oxygen atoms in total. The molecule has 2 aliphatic rings. The molecule has 1 aliphatic heterocycles. The lowest BCUT2D eigenvalue weighted by Crippen LogP contribution is -2.31. The third-order valence-electron chi connectivity index (χ3n) is 5.11. The summed E-state index contributed by atoms with van der Waals surface area (Å²) in [4.78, 5) is 25.6. The number of hydrogen-bond donors (Lipinski definition) is 1. The van der Waals surface area contributed by atoms with Crippen LogP contribution in [0.25, 0.3) is 11.2 Å². The first-order valence-corrected chi connectivity index (χ1v) is 8.99. The molecule has 0 atom stereocenters. The molecule has 1 saturated heterocycles. The molecule has 0 unspecified atom stereocenters. The van der Waals surface area contributed by atoms with Gasteiger partial charge in [0.25, 0.3) is 0 Å². The van der Waals surface area contributed by atoms with Crippen molar-refractivity contribution < 1.29 is 4.74 Å². The Morgan fingerprint density at radius 1 is 1.29 bits per heavy atom. The Labute approximate surface area is 145 Å². The van der Waals surface area contributed by atoms with Gasteiger partial charge in [0.05, 0.1) is 6.61 Å². The Morgan fingerprint density at radius 2 is 2.04 bits per heavy atom. The van der Waals surface area contributed by atoms with Crippen LogP contribution in [0.15, 0.2) is 4.79 Å². The van der Waals surface area contributed by atoms with E-state index in [9.17, 15) is 4.79 Å². The van der Waals surface area contributed by atoms with Crippen LogP contribution in [0, 0.1) is 5.41 Å².